The number of hydrogen-bond acceptors (Lipinski definition) is 2. The normalized spacial score (nSPS) is 10.8. The van der Waals surface area contributed by atoms with Gasteiger partial charge in [-0.1, -0.05) is 34.1 Å². The Labute approximate surface area is 120 Å². The molecule has 0 amide bonds. The van der Waals surface area contributed by atoms with E-state index < -0.39 is 0 Å². The number of halogens is 1. The smallest absolute Gasteiger partial charge is 0.137 e. The molecule has 0 unspecified atom stereocenters. The first-order valence-corrected chi connectivity index (χ1v) is 6.80. The van der Waals surface area contributed by atoms with Gasteiger partial charge in [-0.25, -0.2) is 4.98 Å². The molecule has 19 heavy (non-hydrogen) atoms. The van der Waals surface area contributed by atoms with Gasteiger partial charge in [0.15, 0.2) is 0 Å². The fourth-order valence-corrected chi connectivity index (χ4v) is 2.49. The third kappa shape index (κ3) is 2.49. The predicted molar refractivity (Wildman–Crippen MR) is 78.7 cm³/mol. The van der Waals surface area contributed by atoms with Crippen LogP contribution in [-0.4, -0.2) is 16.5 Å². The quantitative estimate of drug-likeness (QED) is 0.736. The number of aromatic nitrogens is 2. The first-order valence-electron chi connectivity index (χ1n) is 6.01. The molecule has 1 aromatic carbocycles. The number of benzene rings is 1. The molecule has 0 atom stereocenters. The summed E-state index contributed by atoms with van der Waals surface area (Å²) in [5, 5.41) is 0. The lowest BCUT2D eigenvalue weighted by molar-refractivity contribution is 0.412. The fourth-order valence-electron chi connectivity index (χ4n) is 2.07. The van der Waals surface area contributed by atoms with E-state index in [1.807, 2.05) is 47.1 Å². The van der Waals surface area contributed by atoms with Gasteiger partial charge in [0, 0.05) is 17.1 Å². The Hall–Kier alpha value is -1.81. The molecule has 2 aromatic heterocycles. The molecule has 0 fully saturated rings. The van der Waals surface area contributed by atoms with Crippen molar-refractivity contribution in [3.8, 4) is 5.75 Å². The van der Waals surface area contributed by atoms with Gasteiger partial charge in [0.1, 0.15) is 11.4 Å². The first-order chi connectivity index (χ1) is 9.26. The van der Waals surface area contributed by atoms with Crippen LogP contribution in [-0.2, 0) is 6.42 Å². The van der Waals surface area contributed by atoms with Crippen LogP contribution in [0.1, 0.15) is 11.3 Å². The van der Waals surface area contributed by atoms with E-state index >= 15 is 0 Å². The van der Waals surface area contributed by atoms with Crippen LogP contribution in [0.2, 0.25) is 0 Å². The SMILES string of the molecule is COc1ccc2nc(Cc3ccccc3Br)cn2c1. The minimum absolute atomic E-state index is 0.811. The molecule has 0 spiro atoms. The number of pyridine rings is 1. The molecular weight excluding hydrogens is 304 g/mol. The number of fused-ring (bicyclic) bond motifs is 1. The van der Waals surface area contributed by atoms with E-state index in [1.54, 1.807) is 7.11 Å². The van der Waals surface area contributed by atoms with Crippen LogP contribution in [0.25, 0.3) is 5.65 Å². The number of nitrogens with zero attached hydrogens (tertiary/aromatic N) is 2. The Balaban J connectivity index is 1.95. The molecule has 3 rings (SSSR count). The van der Waals surface area contributed by atoms with Crippen molar-refractivity contribution in [3.05, 3.63) is 64.5 Å². The van der Waals surface area contributed by atoms with E-state index in [4.69, 9.17) is 4.74 Å². The van der Waals surface area contributed by atoms with Crippen LogP contribution in [0.15, 0.2) is 53.3 Å². The van der Waals surface area contributed by atoms with Crippen molar-refractivity contribution in [1.29, 1.82) is 0 Å². The van der Waals surface area contributed by atoms with E-state index in [0.29, 0.717) is 0 Å². The van der Waals surface area contributed by atoms with E-state index in [0.717, 1.165) is 28.0 Å². The van der Waals surface area contributed by atoms with Crippen molar-refractivity contribution in [2.45, 2.75) is 6.42 Å². The summed E-state index contributed by atoms with van der Waals surface area (Å²) < 4.78 is 8.32. The Morgan fingerprint density at radius 3 is 2.79 bits per heavy atom. The van der Waals surface area contributed by atoms with Crippen molar-refractivity contribution in [2.75, 3.05) is 7.11 Å². The number of ether oxygens (including phenoxy) is 1. The molecule has 0 aliphatic rings. The Bertz CT molecular complexity index is 721. The van der Waals surface area contributed by atoms with Crippen molar-refractivity contribution in [3.63, 3.8) is 0 Å². The van der Waals surface area contributed by atoms with Gasteiger partial charge in [0.05, 0.1) is 19.0 Å². The highest BCUT2D eigenvalue weighted by atomic mass is 79.9. The molecule has 0 radical (unpaired) electrons. The molecule has 2 heterocycles. The topological polar surface area (TPSA) is 26.5 Å². The number of imidazole rings is 1. The van der Waals surface area contributed by atoms with Crippen LogP contribution in [0, 0.1) is 0 Å². The van der Waals surface area contributed by atoms with Gasteiger partial charge < -0.3 is 9.14 Å². The van der Waals surface area contributed by atoms with Gasteiger partial charge in [-0.3, -0.25) is 0 Å². The maximum atomic E-state index is 5.21. The fraction of sp³-hybridized carbons (Fsp3) is 0.133. The van der Waals surface area contributed by atoms with Crippen LogP contribution in [0.4, 0.5) is 0 Å². The molecule has 0 N–H and O–H groups in total. The third-order valence-electron chi connectivity index (χ3n) is 3.04. The standard InChI is InChI=1S/C15H13BrN2O/c1-19-13-6-7-15-17-12(9-18(15)10-13)8-11-4-2-3-5-14(11)16/h2-7,9-10H,8H2,1H3. The van der Waals surface area contributed by atoms with E-state index in [9.17, 15) is 0 Å². The minimum atomic E-state index is 0.811. The lowest BCUT2D eigenvalue weighted by atomic mass is 10.1. The molecule has 0 saturated heterocycles. The number of methoxy groups -OCH3 is 1. The lowest BCUT2D eigenvalue weighted by Crippen LogP contribution is -1.89. The minimum Gasteiger partial charge on any atom is -0.495 e. The average molecular weight is 317 g/mol. The summed E-state index contributed by atoms with van der Waals surface area (Å²) in [5.41, 5.74) is 3.21. The van der Waals surface area contributed by atoms with Gasteiger partial charge >= 0.3 is 0 Å². The molecule has 3 aromatic rings. The molecule has 0 aliphatic carbocycles. The molecular formula is C15H13BrN2O. The highest BCUT2D eigenvalue weighted by Crippen LogP contribution is 2.20. The highest BCUT2D eigenvalue weighted by Gasteiger charge is 2.05. The second kappa shape index (κ2) is 5.05. The summed E-state index contributed by atoms with van der Waals surface area (Å²) in [7, 11) is 1.67. The average Bonchev–Trinajstić information content (AvgIpc) is 2.82. The van der Waals surface area contributed by atoms with Gasteiger partial charge in [0.25, 0.3) is 0 Å². The van der Waals surface area contributed by atoms with Crippen molar-refractivity contribution < 1.29 is 4.74 Å². The molecule has 3 nitrogen and oxygen atoms in total. The second-order valence-electron chi connectivity index (χ2n) is 4.33. The summed E-state index contributed by atoms with van der Waals surface area (Å²) >= 11 is 3.57. The first kappa shape index (κ1) is 12.2. The summed E-state index contributed by atoms with van der Waals surface area (Å²) in [6.45, 7) is 0. The third-order valence-corrected chi connectivity index (χ3v) is 3.81. The summed E-state index contributed by atoms with van der Waals surface area (Å²) in [6.07, 6.45) is 4.79. The van der Waals surface area contributed by atoms with E-state index in [1.165, 1.54) is 5.56 Å². The van der Waals surface area contributed by atoms with Gasteiger partial charge in [0.2, 0.25) is 0 Å². The Kier molecular flexibility index (Phi) is 3.25. The highest BCUT2D eigenvalue weighted by molar-refractivity contribution is 9.10. The second-order valence-corrected chi connectivity index (χ2v) is 5.19. The lowest BCUT2D eigenvalue weighted by Gasteiger charge is -2.00. The molecule has 0 bridgehead atoms. The maximum absolute atomic E-state index is 5.21. The summed E-state index contributed by atoms with van der Waals surface area (Å²) in [4.78, 5) is 4.61. The van der Waals surface area contributed by atoms with Crippen molar-refractivity contribution in [1.82, 2.24) is 9.38 Å². The number of hydrogen-bond donors (Lipinski definition) is 0. The Morgan fingerprint density at radius 1 is 1.16 bits per heavy atom. The summed E-state index contributed by atoms with van der Waals surface area (Å²) in [6, 6.07) is 12.1. The van der Waals surface area contributed by atoms with Crippen molar-refractivity contribution >= 4 is 21.6 Å². The van der Waals surface area contributed by atoms with Gasteiger partial charge in [-0.2, -0.15) is 0 Å². The van der Waals surface area contributed by atoms with Crippen LogP contribution < -0.4 is 4.74 Å². The van der Waals surface area contributed by atoms with E-state index in [2.05, 4.69) is 27.0 Å². The van der Waals surface area contributed by atoms with Gasteiger partial charge in [-0.15, -0.1) is 0 Å². The van der Waals surface area contributed by atoms with Crippen LogP contribution >= 0.6 is 15.9 Å². The zero-order valence-corrected chi connectivity index (χ0v) is 12.1. The van der Waals surface area contributed by atoms with Crippen LogP contribution in [0.3, 0.4) is 0 Å². The largest absolute Gasteiger partial charge is 0.495 e. The maximum Gasteiger partial charge on any atom is 0.137 e. The van der Waals surface area contributed by atoms with Crippen molar-refractivity contribution in [2.24, 2.45) is 0 Å². The molecule has 4 heteroatoms. The number of rotatable bonds is 3. The van der Waals surface area contributed by atoms with Crippen LogP contribution in [0.5, 0.6) is 5.75 Å². The molecule has 0 aliphatic heterocycles. The monoisotopic (exact) mass is 316 g/mol. The molecule has 0 saturated carbocycles. The zero-order chi connectivity index (χ0) is 13.2. The summed E-state index contributed by atoms with van der Waals surface area (Å²) in [5.74, 6) is 0.831. The predicted octanol–water partition coefficient (Wildman–Crippen LogP) is 3.70. The Morgan fingerprint density at radius 2 is 2.00 bits per heavy atom. The van der Waals surface area contributed by atoms with E-state index in [-0.39, 0.29) is 0 Å². The zero-order valence-electron chi connectivity index (χ0n) is 10.5. The van der Waals surface area contributed by atoms with Gasteiger partial charge in [-0.05, 0) is 23.8 Å². The molecule has 96 valence electrons.